The topological polar surface area (TPSA) is 55.8 Å². The van der Waals surface area contributed by atoms with Gasteiger partial charge in [0.05, 0.1) is 6.61 Å². The van der Waals surface area contributed by atoms with Gasteiger partial charge >= 0.3 is 5.97 Å². The highest BCUT2D eigenvalue weighted by molar-refractivity contribution is 5.86. The first-order valence-corrected chi connectivity index (χ1v) is 9.40. The molecule has 1 aromatic carbocycles. The summed E-state index contributed by atoms with van der Waals surface area (Å²) in [5, 5.41) is 10.3. The molecule has 0 bridgehead atoms. The van der Waals surface area contributed by atoms with Crippen LogP contribution in [0, 0.1) is 0 Å². The number of esters is 1. The van der Waals surface area contributed by atoms with Crippen LogP contribution in [0.5, 0.6) is 11.5 Å². The van der Waals surface area contributed by atoms with Gasteiger partial charge in [0.2, 0.25) is 5.76 Å². The van der Waals surface area contributed by atoms with Gasteiger partial charge in [-0.3, -0.25) is 0 Å². The molecular formula is C21H32O4. The number of hydrogen-bond donors (Lipinski definition) is 1. The van der Waals surface area contributed by atoms with Crippen molar-refractivity contribution in [1.82, 2.24) is 0 Å². The lowest BCUT2D eigenvalue weighted by Gasteiger charge is -2.18. The number of benzene rings is 1. The third kappa shape index (κ3) is 7.20. The predicted molar refractivity (Wildman–Crippen MR) is 101 cm³/mol. The van der Waals surface area contributed by atoms with Gasteiger partial charge in [-0.15, -0.1) is 0 Å². The van der Waals surface area contributed by atoms with Crippen molar-refractivity contribution >= 4 is 5.97 Å². The minimum atomic E-state index is -0.603. The van der Waals surface area contributed by atoms with Gasteiger partial charge in [-0.1, -0.05) is 52.5 Å². The molecular weight excluding hydrogens is 316 g/mol. The summed E-state index contributed by atoms with van der Waals surface area (Å²) >= 11 is 0. The number of phenols is 1. The Hall–Kier alpha value is -1.97. The molecule has 1 N–H and O–H groups in total. The Morgan fingerprint density at radius 3 is 2.48 bits per heavy atom. The van der Waals surface area contributed by atoms with E-state index in [1.54, 1.807) is 12.1 Å². The van der Waals surface area contributed by atoms with Crippen LogP contribution in [0.3, 0.4) is 0 Å². The Bertz CT molecular complexity index is 551. The molecule has 0 aliphatic heterocycles. The third-order valence-electron chi connectivity index (χ3n) is 4.15. The van der Waals surface area contributed by atoms with Crippen molar-refractivity contribution < 1.29 is 19.4 Å². The summed E-state index contributed by atoms with van der Waals surface area (Å²) < 4.78 is 10.3. The molecule has 140 valence electrons. The highest BCUT2D eigenvalue weighted by Gasteiger charge is 2.16. The molecule has 1 atom stereocenters. The van der Waals surface area contributed by atoms with Crippen LogP contribution in [0.2, 0.25) is 0 Å². The largest absolute Gasteiger partial charge is 0.504 e. The number of rotatable bonds is 12. The number of carbonyl (C=O) groups excluding carboxylic acids is 1. The lowest BCUT2D eigenvalue weighted by atomic mass is 9.89. The molecule has 4 heteroatoms. The van der Waals surface area contributed by atoms with Gasteiger partial charge in [-0.2, -0.15) is 0 Å². The van der Waals surface area contributed by atoms with E-state index in [-0.39, 0.29) is 17.3 Å². The van der Waals surface area contributed by atoms with Crippen LogP contribution < -0.4 is 4.74 Å². The van der Waals surface area contributed by atoms with E-state index in [1.807, 2.05) is 13.0 Å². The molecule has 0 saturated carbocycles. The van der Waals surface area contributed by atoms with Crippen LogP contribution >= 0.6 is 0 Å². The standard InChI is InChI=1S/C21H32O4/c1-5-8-9-11-17(10-6-2)18-12-13-20(19(22)15-18)25-16(4)21(23)24-14-7-3/h12-13,15,17,22H,4-11,14H2,1-3H3. The second-order valence-corrected chi connectivity index (χ2v) is 6.37. The lowest BCUT2D eigenvalue weighted by Crippen LogP contribution is -2.12. The number of phenolic OH excluding ortho intramolecular Hbond substituents is 1. The lowest BCUT2D eigenvalue weighted by molar-refractivity contribution is -0.141. The fourth-order valence-electron chi connectivity index (χ4n) is 2.79. The Morgan fingerprint density at radius 1 is 1.12 bits per heavy atom. The molecule has 0 saturated heterocycles. The van der Waals surface area contributed by atoms with E-state index in [0.29, 0.717) is 12.5 Å². The zero-order chi connectivity index (χ0) is 18.7. The van der Waals surface area contributed by atoms with Gasteiger partial charge in [0, 0.05) is 0 Å². The van der Waals surface area contributed by atoms with Crippen molar-refractivity contribution in [2.24, 2.45) is 0 Å². The van der Waals surface area contributed by atoms with E-state index >= 15 is 0 Å². The molecule has 25 heavy (non-hydrogen) atoms. The number of hydrogen-bond acceptors (Lipinski definition) is 4. The van der Waals surface area contributed by atoms with Gasteiger partial charge in [0.15, 0.2) is 11.5 Å². The smallest absolute Gasteiger partial charge is 0.373 e. The van der Waals surface area contributed by atoms with Gasteiger partial charge in [0.1, 0.15) is 0 Å². The molecule has 0 spiro atoms. The van der Waals surface area contributed by atoms with Crippen LogP contribution in [-0.4, -0.2) is 17.7 Å². The number of aromatic hydroxyl groups is 1. The van der Waals surface area contributed by atoms with Gasteiger partial charge in [-0.25, -0.2) is 4.79 Å². The van der Waals surface area contributed by atoms with Gasteiger partial charge < -0.3 is 14.6 Å². The van der Waals surface area contributed by atoms with Gasteiger partial charge in [-0.05, 0) is 49.5 Å². The quantitative estimate of drug-likeness (QED) is 0.228. The molecule has 0 amide bonds. The van der Waals surface area contributed by atoms with E-state index in [0.717, 1.165) is 31.2 Å². The number of carbonyl (C=O) groups is 1. The van der Waals surface area contributed by atoms with Crippen molar-refractivity contribution in [3.05, 3.63) is 36.1 Å². The molecule has 0 radical (unpaired) electrons. The monoisotopic (exact) mass is 348 g/mol. The van der Waals surface area contributed by atoms with Crippen molar-refractivity contribution in [1.29, 1.82) is 0 Å². The Balaban J connectivity index is 2.76. The first-order chi connectivity index (χ1) is 12.0. The predicted octanol–water partition coefficient (Wildman–Crippen LogP) is 5.70. The second kappa shape index (κ2) is 11.6. The first kappa shape index (κ1) is 21.1. The molecule has 1 rings (SSSR count). The summed E-state index contributed by atoms with van der Waals surface area (Å²) in [5.41, 5.74) is 1.11. The maximum absolute atomic E-state index is 11.7. The van der Waals surface area contributed by atoms with Crippen LogP contribution in [0.25, 0.3) is 0 Å². The number of unbranched alkanes of at least 4 members (excludes halogenated alkanes) is 2. The van der Waals surface area contributed by atoms with E-state index in [9.17, 15) is 9.90 Å². The average molecular weight is 348 g/mol. The van der Waals surface area contributed by atoms with Crippen molar-refractivity contribution in [2.75, 3.05) is 6.61 Å². The Labute approximate surface area is 151 Å². The first-order valence-electron chi connectivity index (χ1n) is 9.40. The zero-order valence-corrected chi connectivity index (χ0v) is 15.8. The average Bonchev–Trinajstić information content (AvgIpc) is 2.60. The van der Waals surface area contributed by atoms with Crippen molar-refractivity contribution in [3.8, 4) is 11.5 Å². The summed E-state index contributed by atoms with van der Waals surface area (Å²) in [5.74, 6) is -0.0305. The minimum absolute atomic E-state index is 0.0264. The zero-order valence-electron chi connectivity index (χ0n) is 15.8. The Morgan fingerprint density at radius 2 is 1.88 bits per heavy atom. The molecule has 0 aliphatic rings. The normalized spacial score (nSPS) is 11.8. The third-order valence-corrected chi connectivity index (χ3v) is 4.15. The fraction of sp³-hybridized carbons (Fsp3) is 0.571. The fourth-order valence-corrected chi connectivity index (χ4v) is 2.79. The summed E-state index contributed by atoms with van der Waals surface area (Å²) in [6.45, 7) is 10.2. The molecule has 1 unspecified atom stereocenters. The van der Waals surface area contributed by atoms with Crippen LogP contribution in [0.1, 0.15) is 77.2 Å². The summed E-state index contributed by atoms with van der Waals surface area (Å²) in [6, 6.07) is 5.41. The molecule has 0 aliphatic carbocycles. The highest BCUT2D eigenvalue weighted by Crippen LogP contribution is 2.34. The summed E-state index contributed by atoms with van der Waals surface area (Å²) in [7, 11) is 0. The van der Waals surface area contributed by atoms with Crippen LogP contribution in [0.4, 0.5) is 0 Å². The van der Waals surface area contributed by atoms with Crippen molar-refractivity contribution in [2.45, 2.75) is 71.6 Å². The molecule has 1 aromatic rings. The van der Waals surface area contributed by atoms with Crippen molar-refractivity contribution in [3.63, 3.8) is 0 Å². The molecule has 0 fully saturated rings. The Kier molecular flexibility index (Phi) is 9.75. The van der Waals surface area contributed by atoms with Gasteiger partial charge in [0.25, 0.3) is 0 Å². The van der Waals surface area contributed by atoms with Crippen LogP contribution in [-0.2, 0) is 9.53 Å². The molecule has 4 nitrogen and oxygen atoms in total. The highest BCUT2D eigenvalue weighted by atomic mass is 16.6. The maximum atomic E-state index is 11.7. The minimum Gasteiger partial charge on any atom is -0.504 e. The van der Waals surface area contributed by atoms with E-state index in [2.05, 4.69) is 20.4 Å². The van der Waals surface area contributed by atoms with E-state index in [1.165, 1.54) is 19.3 Å². The number of ether oxygens (including phenoxy) is 2. The van der Waals surface area contributed by atoms with E-state index < -0.39 is 5.97 Å². The SMILES string of the molecule is C=C(Oc1ccc(C(CCC)CCCCC)cc1O)C(=O)OCCC. The molecule has 0 aromatic heterocycles. The summed E-state index contributed by atoms with van der Waals surface area (Å²) in [4.78, 5) is 11.7. The summed E-state index contributed by atoms with van der Waals surface area (Å²) in [6.07, 6.45) is 7.68. The van der Waals surface area contributed by atoms with Crippen LogP contribution in [0.15, 0.2) is 30.5 Å². The molecule has 0 heterocycles. The second-order valence-electron chi connectivity index (χ2n) is 6.37. The maximum Gasteiger partial charge on any atom is 0.373 e. The van der Waals surface area contributed by atoms with E-state index in [4.69, 9.17) is 9.47 Å².